The third-order valence-corrected chi connectivity index (χ3v) is 6.16. The van der Waals surface area contributed by atoms with E-state index in [4.69, 9.17) is 0 Å². The van der Waals surface area contributed by atoms with Crippen molar-refractivity contribution < 1.29 is 27.8 Å². The molecule has 1 aliphatic carbocycles. The van der Waals surface area contributed by atoms with Gasteiger partial charge < -0.3 is 20.1 Å². The first-order valence-corrected chi connectivity index (χ1v) is 10.0. The molecule has 2 saturated heterocycles. The van der Waals surface area contributed by atoms with Gasteiger partial charge in [0, 0.05) is 32.7 Å². The summed E-state index contributed by atoms with van der Waals surface area (Å²) in [5.41, 5.74) is 0.748. The van der Waals surface area contributed by atoms with Crippen molar-refractivity contribution in [1.29, 1.82) is 0 Å². The van der Waals surface area contributed by atoms with Gasteiger partial charge in [0.25, 0.3) is 0 Å². The lowest BCUT2D eigenvalue weighted by atomic mass is 10.2. The number of nitrogens with one attached hydrogen (secondary N) is 1. The molecule has 3 unspecified atom stereocenters. The van der Waals surface area contributed by atoms with E-state index in [1.807, 2.05) is 0 Å². The van der Waals surface area contributed by atoms with Crippen LogP contribution in [0.2, 0.25) is 0 Å². The Labute approximate surface area is 167 Å². The largest absolute Gasteiger partial charge is 0.573 e. The molecule has 6 nitrogen and oxygen atoms in total. The summed E-state index contributed by atoms with van der Waals surface area (Å²) in [6, 6.07) is 6.02. The van der Waals surface area contributed by atoms with E-state index in [-0.39, 0.29) is 17.8 Å². The Morgan fingerprint density at radius 3 is 2.66 bits per heavy atom. The molecule has 0 aromatic heterocycles. The van der Waals surface area contributed by atoms with Gasteiger partial charge in [-0.15, -0.1) is 13.2 Å². The van der Waals surface area contributed by atoms with E-state index < -0.39 is 6.36 Å². The van der Waals surface area contributed by atoms with E-state index >= 15 is 0 Å². The van der Waals surface area contributed by atoms with Gasteiger partial charge in [-0.3, -0.25) is 9.69 Å². The Kier molecular flexibility index (Phi) is 5.72. The van der Waals surface area contributed by atoms with Crippen molar-refractivity contribution in [1.82, 2.24) is 15.1 Å². The lowest BCUT2D eigenvalue weighted by Gasteiger charge is -2.23. The van der Waals surface area contributed by atoms with Crippen LogP contribution in [0.25, 0.3) is 0 Å². The number of alkyl halides is 3. The average molecular weight is 413 g/mol. The minimum absolute atomic E-state index is 0.0958. The standard InChI is InChI=1S/C20H26F3N3O3/c21-20(22,23)29-15-3-1-2-13(6-15)7-24-8-16-17-10-25(11-18(16)17)12-19(28)26-5-4-14(27)9-26/h1-3,6,14,16-18,24,27H,4-5,7-12H2. The number of hydrogen-bond donors (Lipinski definition) is 2. The van der Waals surface area contributed by atoms with Crippen molar-refractivity contribution in [2.45, 2.75) is 25.4 Å². The number of aliphatic hydroxyl groups excluding tert-OH is 1. The monoisotopic (exact) mass is 413 g/mol. The van der Waals surface area contributed by atoms with Crippen molar-refractivity contribution in [3.63, 3.8) is 0 Å². The number of carbonyl (C=O) groups excluding carboxylic acids is 1. The predicted octanol–water partition coefficient (Wildman–Crippen LogP) is 1.45. The molecule has 2 aliphatic heterocycles. The highest BCUT2D eigenvalue weighted by molar-refractivity contribution is 5.78. The highest BCUT2D eigenvalue weighted by Crippen LogP contribution is 2.51. The number of fused-ring (bicyclic) bond motifs is 1. The van der Waals surface area contributed by atoms with E-state index in [2.05, 4.69) is 15.0 Å². The van der Waals surface area contributed by atoms with Crippen molar-refractivity contribution in [3.05, 3.63) is 29.8 Å². The van der Waals surface area contributed by atoms with Gasteiger partial charge in [-0.25, -0.2) is 0 Å². The molecular formula is C20H26F3N3O3. The smallest absolute Gasteiger partial charge is 0.406 e. The summed E-state index contributed by atoms with van der Waals surface area (Å²) in [7, 11) is 0. The number of β-amino-alcohol motifs (C(OH)–C–C–N with tert-alkyl or cyclic N) is 1. The molecule has 160 valence electrons. The zero-order valence-corrected chi connectivity index (χ0v) is 16.1. The van der Waals surface area contributed by atoms with Crippen LogP contribution in [0.5, 0.6) is 5.75 Å². The van der Waals surface area contributed by atoms with Crippen LogP contribution in [-0.2, 0) is 11.3 Å². The Hall–Kier alpha value is -1.84. The molecule has 3 aliphatic rings. The average Bonchev–Trinajstić information content (AvgIpc) is 2.99. The van der Waals surface area contributed by atoms with E-state index in [0.29, 0.717) is 50.4 Å². The van der Waals surface area contributed by atoms with Gasteiger partial charge in [-0.05, 0) is 48.4 Å². The Morgan fingerprint density at radius 2 is 2.00 bits per heavy atom. The summed E-state index contributed by atoms with van der Waals surface area (Å²) in [6.45, 7) is 4.64. The SMILES string of the molecule is O=C(CN1CC2C(CNCc3cccc(OC(F)(F)F)c3)C2C1)N1CCC(O)C1. The van der Waals surface area contributed by atoms with Crippen LogP contribution in [0, 0.1) is 17.8 Å². The fourth-order valence-corrected chi connectivity index (χ4v) is 4.66. The number of nitrogens with zero attached hydrogens (tertiary/aromatic N) is 2. The van der Waals surface area contributed by atoms with Crippen LogP contribution < -0.4 is 10.1 Å². The molecule has 2 N–H and O–H groups in total. The van der Waals surface area contributed by atoms with Crippen molar-refractivity contribution >= 4 is 5.91 Å². The molecule has 2 heterocycles. The van der Waals surface area contributed by atoms with Crippen LogP contribution in [0.1, 0.15) is 12.0 Å². The zero-order valence-electron chi connectivity index (χ0n) is 16.1. The summed E-state index contributed by atoms with van der Waals surface area (Å²) in [5, 5.41) is 12.9. The summed E-state index contributed by atoms with van der Waals surface area (Å²) in [5.74, 6) is 1.62. The molecule has 0 radical (unpaired) electrons. The van der Waals surface area contributed by atoms with Gasteiger partial charge in [0.05, 0.1) is 12.6 Å². The van der Waals surface area contributed by atoms with Crippen molar-refractivity contribution in [3.8, 4) is 5.75 Å². The fraction of sp³-hybridized carbons (Fsp3) is 0.650. The van der Waals surface area contributed by atoms with Gasteiger partial charge in [-0.2, -0.15) is 0 Å². The van der Waals surface area contributed by atoms with Crippen LogP contribution >= 0.6 is 0 Å². The second-order valence-electron chi connectivity index (χ2n) is 8.29. The highest BCUT2D eigenvalue weighted by atomic mass is 19.4. The number of piperidine rings is 1. The number of amides is 1. The number of rotatable bonds is 7. The number of halogens is 3. The van der Waals surface area contributed by atoms with Crippen LogP contribution in [-0.4, -0.2) is 72.5 Å². The second-order valence-corrected chi connectivity index (χ2v) is 8.29. The Balaban J connectivity index is 1.15. The van der Waals surface area contributed by atoms with Crippen LogP contribution in [0.4, 0.5) is 13.2 Å². The highest BCUT2D eigenvalue weighted by Gasteiger charge is 2.55. The molecule has 3 atom stereocenters. The van der Waals surface area contributed by atoms with Crippen LogP contribution in [0.15, 0.2) is 24.3 Å². The number of likely N-dealkylation sites (tertiary alicyclic amines) is 2. The molecule has 0 bridgehead atoms. The zero-order chi connectivity index (χ0) is 20.6. The van der Waals surface area contributed by atoms with Gasteiger partial charge in [0.2, 0.25) is 5.91 Å². The van der Waals surface area contributed by atoms with Crippen molar-refractivity contribution in [2.75, 3.05) is 39.3 Å². The van der Waals surface area contributed by atoms with Gasteiger partial charge in [-0.1, -0.05) is 12.1 Å². The number of aliphatic hydroxyl groups is 1. The number of carbonyl (C=O) groups is 1. The summed E-state index contributed by atoms with van der Waals surface area (Å²) < 4.78 is 40.9. The Bertz CT molecular complexity index is 733. The lowest BCUT2D eigenvalue weighted by Crippen LogP contribution is -2.40. The first kappa shape index (κ1) is 20.4. The Morgan fingerprint density at radius 1 is 1.24 bits per heavy atom. The quantitative estimate of drug-likeness (QED) is 0.709. The summed E-state index contributed by atoms with van der Waals surface area (Å²) in [6.07, 6.45) is -4.41. The maximum absolute atomic E-state index is 12.3. The van der Waals surface area contributed by atoms with E-state index in [9.17, 15) is 23.1 Å². The molecule has 3 fully saturated rings. The number of benzene rings is 1. The molecule has 4 rings (SSSR count). The minimum atomic E-state index is -4.68. The molecule has 9 heteroatoms. The molecule has 1 aromatic rings. The topological polar surface area (TPSA) is 65.0 Å². The van der Waals surface area contributed by atoms with Gasteiger partial charge in [0.1, 0.15) is 5.75 Å². The van der Waals surface area contributed by atoms with Gasteiger partial charge >= 0.3 is 6.36 Å². The molecule has 1 aromatic carbocycles. The third-order valence-electron chi connectivity index (χ3n) is 6.16. The van der Waals surface area contributed by atoms with E-state index in [1.54, 1.807) is 17.0 Å². The first-order valence-electron chi connectivity index (χ1n) is 10.0. The fourth-order valence-electron chi connectivity index (χ4n) is 4.66. The number of hydrogen-bond acceptors (Lipinski definition) is 5. The summed E-state index contributed by atoms with van der Waals surface area (Å²) >= 11 is 0. The maximum Gasteiger partial charge on any atom is 0.573 e. The van der Waals surface area contributed by atoms with Crippen LogP contribution in [0.3, 0.4) is 0 Å². The normalized spacial score (nSPS) is 29.2. The number of ether oxygens (including phenoxy) is 1. The van der Waals surface area contributed by atoms with E-state index in [0.717, 1.165) is 25.2 Å². The molecule has 1 amide bonds. The second kappa shape index (κ2) is 8.12. The molecule has 0 spiro atoms. The maximum atomic E-state index is 12.3. The summed E-state index contributed by atoms with van der Waals surface area (Å²) in [4.78, 5) is 16.2. The predicted molar refractivity (Wildman–Crippen MR) is 98.9 cm³/mol. The minimum Gasteiger partial charge on any atom is -0.406 e. The molecule has 29 heavy (non-hydrogen) atoms. The lowest BCUT2D eigenvalue weighted by molar-refractivity contribution is -0.274. The van der Waals surface area contributed by atoms with Crippen molar-refractivity contribution in [2.24, 2.45) is 17.8 Å². The first-order chi connectivity index (χ1) is 13.8. The van der Waals surface area contributed by atoms with Gasteiger partial charge in [0.15, 0.2) is 0 Å². The molecule has 1 saturated carbocycles. The third kappa shape index (κ3) is 5.21. The molecular weight excluding hydrogens is 387 g/mol. The van der Waals surface area contributed by atoms with E-state index in [1.165, 1.54) is 12.1 Å².